The van der Waals surface area contributed by atoms with Gasteiger partial charge in [-0.3, -0.25) is 0 Å². The Bertz CT molecular complexity index is 367. The Labute approximate surface area is 115 Å². The number of alkyl halides is 1. The van der Waals surface area contributed by atoms with Crippen LogP contribution in [0.5, 0.6) is 5.75 Å². The molecule has 1 N–H and O–H groups in total. The van der Waals surface area contributed by atoms with Gasteiger partial charge >= 0.3 is 0 Å². The number of halogens is 1. The van der Waals surface area contributed by atoms with Gasteiger partial charge in [0.15, 0.2) is 0 Å². The average molecular weight is 268 g/mol. The van der Waals surface area contributed by atoms with Gasteiger partial charge in [-0.15, -0.1) is 11.6 Å². The van der Waals surface area contributed by atoms with E-state index in [1.165, 1.54) is 5.56 Å². The Hall–Kier alpha value is -0.730. The molecular formula is C15H22ClNO. The fraction of sp³-hybridized carbons (Fsp3) is 0.600. The van der Waals surface area contributed by atoms with Crippen LogP contribution in [0.1, 0.15) is 25.8 Å². The smallest absolute Gasteiger partial charge is 0.123 e. The molecule has 1 aromatic rings. The zero-order valence-corrected chi connectivity index (χ0v) is 12.0. The molecule has 1 aromatic carbocycles. The predicted octanol–water partition coefficient (Wildman–Crippen LogP) is 3.23. The van der Waals surface area contributed by atoms with Crippen LogP contribution >= 0.6 is 11.6 Å². The Kier molecular flexibility index (Phi) is 4.52. The van der Waals surface area contributed by atoms with E-state index in [2.05, 4.69) is 31.3 Å². The van der Waals surface area contributed by atoms with E-state index in [0.29, 0.717) is 0 Å². The molecule has 1 aliphatic rings. The highest BCUT2D eigenvalue weighted by molar-refractivity contribution is 6.17. The fourth-order valence-corrected chi connectivity index (χ4v) is 2.80. The first-order chi connectivity index (χ1) is 8.61. The molecule has 2 rings (SSSR count). The van der Waals surface area contributed by atoms with Crippen molar-refractivity contribution in [2.24, 2.45) is 5.41 Å². The molecule has 1 unspecified atom stereocenters. The van der Waals surface area contributed by atoms with Crippen molar-refractivity contribution >= 4 is 11.6 Å². The maximum absolute atomic E-state index is 5.89. The van der Waals surface area contributed by atoms with Crippen LogP contribution in [0.15, 0.2) is 24.3 Å². The van der Waals surface area contributed by atoms with Gasteiger partial charge in [-0.05, 0) is 23.5 Å². The maximum Gasteiger partial charge on any atom is 0.123 e. The first-order valence-electron chi connectivity index (χ1n) is 6.62. The highest BCUT2D eigenvalue weighted by atomic mass is 35.5. The van der Waals surface area contributed by atoms with Gasteiger partial charge in [0.1, 0.15) is 11.9 Å². The van der Waals surface area contributed by atoms with Gasteiger partial charge in [0.2, 0.25) is 0 Å². The Morgan fingerprint density at radius 2 is 2.17 bits per heavy atom. The predicted molar refractivity (Wildman–Crippen MR) is 76.5 cm³/mol. The number of benzene rings is 1. The number of ether oxygens (including phenoxy) is 1. The molecule has 0 spiro atoms. The van der Waals surface area contributed by atoms with E-state index in [1.54, 1.807) is 0 Å². The van der Waals surface area contributed by atoms with Gasteiger partial charge in [0, 0.05) is 25.4 Å². The van der Waals surface area contributed by atoms with E-state index in [9.17, 15) is 0 Å². The highest BCUT2D eigenvalue weighted by Gasteiger charge is 2.23. The fourth-order valence-electron chi connectivity index (χ4n) is 2.28. The SMILES string of the molecule is CC(C)(CCCl)CNCC1Cc2ccccc2O1. The second kappa shape index (κ2) is 5.94. The quantitative estimate of drug-likeness (QED) is 0.799. The molecule has 0 radical (unpaired) electrons. The minimum atomic E-state index is 0.257. The van der Waals surface area contributed by atoms with Crippen molar-refractivity contribution in [2.45, 2.75) is 32.8 Å². The van der Waals surface area contributed by atoms with Crippen LogP contribution in [0.2, 0.25) is 0 Å². The molecule has 1 aliphatic heterocycles. The van der Waals surface area contributed by atoms with Crippen LogP contribution in [0.25, 0.3) is 0 Å². The summed E-state index contributed by atoms with van der Waals surface area (Å²) in [6.07, 6.45) is 2.32. The molecule has 0 saturated carbocycles. The first kappa shape index (κ1) is 13.7. The second-order valence-electron chi connectivity index (χ2n) is 5.79. The molecule has 0 aromatic heterocycles. The molecule has 0 saturated heterocycles. The third-order valence-electron chi connectivity index (χ3n) is 3.46. The standard InChI is InChI=1S/C15H22ClNO/c1-15(2,7-8-16)11-17-10-13-9-12-5-3-4-6-14(12)18-13/h3-6,13,17H,7-11H2,1-2H3. The molecule has 0 bridgehead atoms. The molecule has 18 heavy (non-hydrogen) atoms. The van der Waals surface area contributed by atoms with E-state index >= 15 is 0 Å². The van der Waals surface area contributed by atoms with Gasteiger partial charge < -0.3 is 10.1 Å². The number of hydrogen-bond donors (Lipinski definition) is 1. The van der Waals surface area contributed by atoms with Crippen LogP contribution in [0, 0.1) is 5.41 Å². The minimum Gasteiger partial charge on any atom is -0.488 e. The second-order valence-corrected chi connectivity index (χ2v) is 6.16. The third-order valence-corrected chi connectivity index (χ3v) is 3.65. The Morgan fingerprint density at radius 3 is 2.89 bits per heavy atom. The molecule has 3 heteroatoms. The van der Waals surface area contributed by atoms with Crippen LogP contribution < -0.4 is 10.1 Å². The van der Waals surface area contributed by atoms with Crippen LogP contribution in [0.3, 0.4) is 0 Å². The zero-order valence-electron chi connectivity index (χ0n) is 11.2. The van der Waals surface area contributed by atoms with E-state index in [0.717, 1.165) is 37.6 Å². The summed E-state index contributed by atoms with van der Waals surface area (Å²) in [6, 6.07) is 8.29. The number of rotatable bonds is 6. The van der Waals surface area contributed by atoms with Gasteiger partial charge in [-0.1, -0.05) is 32.0 Å². The lowest BCUT2D eigenvalue weighted by atomic mass is 9.90. The van der Waals surface area contributed by atoms with Crippen molar-refractivity contribution in [3.63, 3.8) is 0 Å². The third kappa shape index (κ3) is 3.63. The summed E-state index contributed by atoms with van der Waals surface area (Å²) in [4.78, 5) is 0. The Balaban J connectivity index is 1.74. The monoisotopic (exact) mass is 267 g/mol. The molecular weight excluding hydrogens is 246 g/mol. The van der Waals surface area contributed by atoms with Crippen LogP contribution in [-0.4, -0.2) is 25.1 Å². The molecule has 2 nitrogen and oxygen atoms in total. The number of fused-ring (bicyclic) bond motifs is 1. The summed E-state index contributed by atoms with van der Waals surface area (Å²) in [5.41, 5.74) is 1.58. The average Bonchev–Trinajstić information content (AvgIpc) is 2.71. The van der Waals surface area contributed by atoms with Gasteiger partial charge in [-0.25, -0.2) is 0 Å². The first-order valence-corrected chi connectivity index (χ1v) is 7.15. The van der Waals surface area contributed by atoms with Crippen molar-refractivity contribution in [3.05, 3.63) is 29.8 Å². The summed E-state index contributed by atoms with van der Waals surface area (Å²) < 4.78 is 5.89. The van der Waals surface area contributed by atoms with Gasteiger partial charge in [0.05, 0.1) is 0 Å². The summed E-state index contributed by atoms with van der Waals surface area (Å²) in [6.45, 7) is 6.37. The molecule has 1 heterocycles. The molecule has 100 valence electrons. The number of para-hydroxylation sites is 1. The summed E-state index contributed by atoms with van der Waals surface area (Å²) in [7, 11) is 0. The van der Waals surface area contributed by atoms with Crippen molar-refractivity contribution in [3.8, 4) is 5.75 Å². The van der Waals surface area contributed by atoms with E-state index < -0.39 is 0 Å². The van der Waals surface area contributed by atoms with Crippen molar-refractivity contribution in [2.75, 3.05) is 19.0 Å². The maximum atomic E-state index is 5.89. The summed E-state index contributed by atoms with van der Waals surface area (Å²) in [5.74, 6) is 1.77. The van der Waals surface area contributed by atoms with Crippen molar-refractivity contribution < 1.29 is 4.74 Å². The topological polar surface area (TPSA) is 21.3 Å². The van der Waals surface area contributed by atoms with Crippen molar-refractivity contribution in [1.82, 2.24) is 5.32 Å². The lowest BCUT2D eigenvalue weighted by molar-refractivity contribution is 0.216. The minimum absolute atomic E-state index is 0.257. The molecule has 0 fully saturated rings. The number of nitrogens with one attached hydrogen (secondary N) is 1. The van der Waals surface area contributed by atoms with E-state index in [4.69, 9.17) is 16.3 Å². The number of hydrogen-bond acceptors (Lipinski definition) is 2. The van der Waals surface area contributed by atoms with Crippen LogP contribution in [0.4, 0.5) is 0 Å². The molecule has 1 atom stereocenters. The lowest BCUT2D eigenvalue weighted by Gasteiger charge is -2.24. The zero-order chi connectivity index (χ0) is 13.0. The van der Waals surface area contributed by atoms with Gasteiger partial charge in [0.25, 0.3) is 0 Å². The Morgan fingerprint density at radius 1 is 1.39 bits per heavy atom. The van der Waals surface area contributed by atoms with Crippen LogP contribution in [-0.2, 0) is 6.42 Å². The lowest BCUT2D eigenvalue weighted by Crippen LogP contribution is -2.36. The summed E-state index contributed by atoms with van der Waals surface area (Å²) in [5, 5.41) is 3.50. The molecule has 0 amide bonds. The van der Waals surface area contributed by atoms with Crippen molar-refractivity contribution in [1.29, 1.82) is 0 Å². The highest BCUT2D eigenvalue weighted by Crippen LogP contribution is 2.28. The summed E-state index contributed by atoms with van der Waals surface area (Å²) >= 11 is 5.80. The normalized spacial score (nSPS) is 18.5. The molecule has 0 aliphatic carbocycles. The van der Waals surface area contributed by atoms with E-state index in [1.807, 2.05) is 12.1 Å². The van der Waals surface area contributed by atoms with Gasteiger partial charge in [-0.2, -0.15) is 0 Å². The van der Waals surface area contributed by atoms with E-state index in [-0.39, 0.29) is 11.5 Å². The largest absolute Gasteiger partial charge is 0.488 e.